The van der Waals surface area contributed by atoms with Gasteiger partial charge in [-0.1, -0.05) is 37.1 Å². The highest BCUT2D eigenvalue weighted by molar-refractivity contribution is 7.91. The first-order chi connectivity index (χ1) is 25.5. The first-order valence-electron chi connectivity index (χ1n) is 18.5. The summed E-state index contributed by atoms with van der Waals surface area (Å²) >= 11 is 0. The molecule has 0 unspecified atom stereocenters. The van der Waals surface area contributed by atoms with E-state index in [9.17, 15) is 36.8 Å². The maximum Gasteiger partial charge on any atom is 0.410 e. The summed E-state index contributed by atoms with van der Waals surface area (Å²) in [7, 11) is -2.78. The van der Waals surface area contributed by atoms with Crippen LogP contribution in [0.25, 0.3) is 0 Å². The average Bonchev–Trinajstić information content (AvgIpc) is 3.91. The van der Waals surface area contributed by atoms with E-state index in [1.807, 2.05) is 6.08 Å². The molecule has 0 aromatic heterocycles. The third-order valence-corrected chi connectivity index (χ3v) is 12.9. The van der Waals surface area contributed by atoms with Crippen LogP contribution in [0, 0.1) is 11.7 Å². The molecule has 1 aromatic carbocycles. The van der Waals surface area contributed by atoms with Gasteiger partial charge in [-0.05, 0) is 70.9 Å². The zero-order valence-electron chi connectivity index (χ0n) is 31.2. The second-order valence-corrected chi connectivity index (χ2v) is 18.1. The smallest absolute Gasteiger partial charge is 0.410 e. The largest absolute Gasteiger partial charge is 0.444 e. The number of amides is 5. The second kappa shape index (κ2) is 15.1. The first kappa shape index (κ1) is 39.4. The SMILES string of the molecule is COCC1(S(=O)(=O)NC(=O)[C@@]23C[C@H]2/C=C\CCCCC[C@H](NC(=O)OC(C)(C)C)C(=O)N2C[C@H](OC(=O)N4Cc5cccc(F)c5C4)C[C@H]2C(=O)N3)CC1. The Kier molecular flexibility index (Phi) is 11.0. The van der Waals surface area contributed by atoms with Crippen LogP contribution in [0.3, 0.4) is 0 Å². The molecular weight excluding hydrogens is 725 g/mol. The molecule has 5 aliphatic rings. The maximum absolute atomic E-state index is 14.4. The molecule has 5 amide bonds. The molecule has 5 atom stereocenters. The van der Waals surface area contributed by atoms with Crippen LogP contribution in [-0.2, 0) is 51.7 Å². The van der Waals surface area contributed by atoms with Crippen molar-refractivity contribution in [3.63, 3.8) is 0 Å². The molecule has 3 N–H and O–H groups in total. The van der Waals surface area contributed by atoms with Crippen molar-refractivity contribution in [2.75, 3.05) is 20.3 Å². The van der Waals surface area contributed by atoms with Gasteiger partial charge in [0, 0.05) is 31.6 Å². The number of nitrogens with zero attached hydrogens (tertiary/aromatic N) is 2. The molecule has 6 rings (SSSR count). The number of halogens is 1. The van der Waals surface area contributed by atoms with Crippen molar-refractivity contribution in [1.82, 2.24) is 25.2 Å². The molecule has 1 aromatic rings. The summed E-state index contributed by atoms with van der Waals surface area (Å²) in [5.74, 6) is -3.19. The van der Waals surface area contributed by atoms with Crippen molar-refractivity contribution in [2.24, 2.45) is 5.92 Å². The van der Waals surface area contributed by atoms with E-state index < -0.39 is 85.7 Å². The van der Waals surface area contributed by atoms with Crippen LogP contribution >= 0.6 is 0 Å². The number of ether oxygens (including phenoxy) is 3. The van der Waals surface area contributed by atoms with E-state index >= 15 is 0 Å². The molecule has 0 spiro atoms. The van der Waals surface area contributed by atoms with Gasteiger partial charge in [0.25, 0.3) is 5.91 Å². The molecule has 2 saturated carbocycles. The van der Waals surface area contributed by atoms with E-state index in [4.69, 9.17) is 14.2 Å². The Balaban J connectivity index is 1.26. The highest BCUT2D eigenvalue weighted by Gasteiger charge is 2.64. The normalized spacial score (nSPS) is 28.6. The van der Waals surface area contributed by atoms with Gasteiger partial charge in [-0.15, -0.1) is 0 Å². The summed E-state index contributed by atoms with van der Waals surface area (Å²) in [5.41, 5.74) is -1.44. The standard InChI is InChI=1S/C37H50FN5O10S/c1-35(2,3)53-33(47)39-28-14-9-7-5-6-8-12-24-18-37(24,32(46)41-54(49,50)36(15-16-36)22-51-4)40-30(44)29-17-25(20-43(29)31(28)45)52-34(48)42-19-23-11-10-13-27(38)26(23)21-42/h8,10-13,24-25,28-29H,5-7,9,14-22H2,1-4H3,(H,39,47)(H,40,44)(H,41,46)/b12-8-/t24-,25-,28+,29+,37-/m1/s1. The van der Waals surface area contributed by atoms with E-state index in [-0.39, 0.29) is 45.5 Å². The molecular formula is C37H50FN5O10S. The molecule has 3 fully saturated rings. The van der Waals surface area contributed by atoms with Gasteiger partial charge in [0.2, 0.25) is 21.8 Å². The van der Waals surface area contributed by atoms with Crippen molar-refractivity contribution in [3.8, 4) is 0 Å². The van der Waals surface area contributed by atoms with Crippen molar-refractivity contribution in [1.29, 1.82) is 0 Å². The summed E-state index contributed by atoms with van der Waals surface area (Å²) in [5, 5.41) is 5.46. The molecule has 3 aliphatic heterocycles. The molecule has 0 radical (unpaired) electrons. The lowest BCUT2D eigenvalue weighted by molar-refractivity contribution is -0.141. The predicted octanol–water partition coefficient (Wildman–Crippen LogP) is 3.16. The number of sulfonamides is 1. The lowest BCUT2D eigenvalue weighted by Gasteiger charge is -2.30. The third kappa shape index (κ3) is 8.36. The summed E-state index contributed by atoms with van der Waals surface area (Å²) < 4.78 is 58.6. The van der Waals surface area contributed by atoms with Gasteiger partial charge in [-0.25, -0.2) is 22.4 Å². The van der Waals surface area contributed by atoms with E-state index in [0.717, 1.165) is 6.42 Å². The van der Waals surface area contributed by atoms with Crippen molar-refractivity contribution < 1.29 is 51.0 Å². The van der Waals surface area contributed by atoms with Crippen LogP contribution in [0.2, 0.25) is 0 Å². The Hall–Kier alpha value is -4.25. The van der Waals surface area contributed by atoms with Crippen molar-refractivity contribution >= 4 is 39.9 Å². The second-order valence-electron chi connectivity index (χ2n) is 16.1. The number of hydrogen-bond acceptors (Lipinski definition) is 10. The molecule has 2 aliphatic carbocycles. The fraction of sp³-hybridized carbons (Fsp3) is 0.649. The number of carbonyl (C=O) groups is 5. The average molecular weight is 776 g/mol. The summed E-state index contributed by atoms with van der Waals surface area (Å²) in [4.78, 5) is 71.4. The van der Waals surface area contributed by atoms with Gasteiger partial charge in [-0.3, -0.25) is 24.0 Å². The number of rotatable bonds is 7. The van der Waals surface area contributed by atoms with E-state index in [0.29, 0.717) is 43.2 Å². The first-order valence-corrected chi connectivity index (χ1v) is 20.0. The predicted molar refractivity (Wildman–Crippen MR) is 191 cm³/mol. The number of carbonyl (C=O) groups excluding carboxylic acids is 5. The lowest BCUT2D eigenvalue weighted by atomic mass is 10.0. The molecule has 296 valence electrons. The summed E-state index contributed by atoms with van der Waals surface area (Å²) in [6.07, 6.45) is 4.67. The van der Waals surface area contributed by atoms with Crippen LogP contribution in [0.1, 0.15) is 89.7 Å². The van der Waals surface area contributed by atoms with E-state index in [2.05, 4.69) is 15.4 Å². The fourth-order valence-corrected chi connectivity index (χ4v) is 9.11. The third-order valence-electron chi connectivity index (χ3n) is 10.8. The highest BCUT2D eigenvalue weighted by Crippen LogP contribution is 2.48. The number of alkyl carbamates (subject to hydrolysis) is 1. The van der Waals surface area contributed by atoms with Crippen LogP contribution < -0.4 is 15.4 Å². The number of methoxy groups -OCH3 is 1. The molecule has 1 saturated heterocycles. The van der Waals surface area contributed by atoms with Gasteiger partial charge in [0.15, 0.2) is 0 Å². The summed E-state index contributed by atoms with van der Waals surface area (Å²) in [6.45, 7) is 4.88. The Morgan fingerprint density at radius 1 is 1.09 bits per heavy atom. The van der Waals surface area contributed by atoms with Crippen LogP contribution in [-0.4, -0.2) is 102 Å². The van der Waals surface area contributed by atoms with Crippen LogP contribution in [0.15, 0.2) is 30.4 Å². The molecule has 17 heteroatoms. The van der Waals surface area contributed by atoms with Crippen molar-refractivity contribution in [2.45, 2.75) is 126 Å². The monoisotopic (exact) mass is 775 g/mol. The van der Waals surface area contributed by atoms with Gasteiger partial charge >= 0.3 is 12.2 Å². The Bertz CT molecular complexity index is 1810. The van der Waals surface area contributed by atoms with Gasteiger partial charge < -0.3 is 29.7 Å². The number of hydrogen-bond donors (Lipinski definition) is 3. The van der Waals surface area contributed by atoms with Crippen molar-refractivity contribution in [3.05, 3.63) is 47.3 Å². The maximum atomic E-state index is 14.4. The Morgan fingerprint density at radius 2 is 1.85 bits per heavy atom. The molecule has 15 nitrogen and oxygen atoms in total. The van der Waals surface area contributed by atoms with Crippen LogP contribution in [0.4, 0.5) is 14.0 Å². The minimum Gasteiger partial charge on any atom is -0.444 e. The zero-order chi connectivity index (χ0) is 39.1. The molecule has 0 bridgehead atoms. The number of benzene rings is 1. The van der Waals surface area contributed by atoms with E-state index in [1.54, 1.807) is 39.0 Å². The summed E-state index contributed by atoms with van der Waals surface area (Å²) in [6, 6.07) is 2.25. The number of allylic oxidation sites excluding steroid dienone is 1. The lowest BCUT2D eigenvalue weighted by Crippen LogP contribution is -2.59. The minimum absolute atomic E-state index is 0.0108. The molecule has 54 heavy (non-hydrogen) atoms. The number of fused-ring (bicyclic) bond motifs is 3. The Morgan fingerprint density at radius 3 is 2.54 bits per heavy atom. The topological polar surface area (TPSA) is 190 Å². The fourth-order valence-electron chi connectivity index (χ4n) is 7.56. The quantitative estimate of drug-likeness (QED) is 0.347. The Labute approximate surface area is 314 Å². The van der Waals surface area contributed by atoms with Gasteiger partial charge in [0.05, 0.1) is 19.7 Å². The van der Waals surface area contributed by atoms with Crippen LogP contribution in [0.5, 0.6) is 0 Å². The number of nitrogens with one attached hydrogen (secondary N) is 3. The van der Waals surface area contributed by atoms with E-state index in [1.165, 1.54) is 23.0 Å². The highest BCUT2D eigenvalue weighted by atomic mass is 32.2. The zero-order valence-corrected chi connectivity index (χ0v) is 32.0. The minimum atomic E-state index is -4.17. The van der Waals surface area contributed by atoms with Gasteiger partial charge in [0.1, 0.15) is 39.9 Å². The van der Waals surface area contributed by atoms with Gasteiger partial charge in [-0.2, -0.15) is 0 Å². The molecule has 3 heterocycles.